The number of aliphatic carboxylic acids is 1. The SMILES string of the molecule is O=C(NC(Cc1ccc(NCc2cnc(Cl)s2)cc1)C(=O)O)OCC1c2ccccc2-c2ccccc21. The molecule has 0 saturated carbocycles. The van der Waals surface area contributed by atoms with Gasteiger partial charge in [0.05, 0.1) is 6.54 Å². The Morgan fingerprint density at radius 2 is 1.65 bits per heavy atom. The molecule has 1 aliphatic carbocycles. The van der Waals surface area contributed by atoms with Crippen LogP contribution >= 0.6 is 22.9 Å². The molecule has 0 bridgehead atoms. The zero-order chi connectivity index (χ0) is 25.8. The quantitative estimate of drug-likeness (QED) is 0.246. The maximum absolute atomic E-state index is 12.6. The Labute approximate surface area is 223 Å². The zero-order valence-electron chi connectivity index (χ0n) is 19.7. The fraction of sp³-hybridized carbons (Fsp3) is 0.179. The lowest BCUT2D eigenvalue weighted by atomic mass is 9.98. The lowest BCUT2D eigenvalue weighted by Gasteiger charge is -2.18. The molecule has 4 aromatic rings. The standard InChI is InChI=1S/C28H24ClN3O4S/c29-27-31-15-19(37-27)14-30-18-11-9-17(10-12-18)13-25(26(33)34)32-28(35)36-16-24-22-7-3-1-5-20(22)21-6-2-4-8-23(21)24/h1-12,15,24-25,30H,13-14,16H2,(H,32,35)(H,33,34). The van der Waals surface area contributed by atoms with Gasteiger partial charge in [-0.25, -0.2) is 14.6 Å². The molecule has 1 unspecified atom stereocenters. The number of alkyl carbamates (subject to hydrolysis) is 1. The number of hydrogen-bond acceptors (Lipinski definition) is 6. The third kappa shape index (κ3) is 5.76. The van der Waals surface area contributed by atoms with E-state index in [1.165, 1.54) is 11.3 Å². The fourth-order valence-corrected chi connectivity index (χ4v) is 5.45. The summed E-state index contributed by atoms with van der Waals surface area (Å²) in [5.41, 5.74) is 6.10. The van der Waals surface area contributed by atoms with E-state index in [0.717, 1.165) is 38.4 Å². The Bertz CT molecular complexity index is 1380. The topological polar surface area (TPSA) is 101 Å². The molecule has 3 aromatic carbocycles. The Morgan fingerprint density at radius 3 is 2.24 bits per heavy atom. The number of ether oxygens (including phenoxy) is 1. The van der Waals surface area contributed by atoms with Crippen molar-refractivity contribution in [2.75, 3.05) is 11.9 Å². The average Bonchev–Trinajstić information content (AvgIpc) is 3.47. The molecule has 1 amide bonds. The van der Waals surface area contributed by atoms with Crippen molar-refractivity contribution >= 4 is 40.7 Å². The van der Waals surface area contributed by atoms with E-state index >= 15 is 0 Å². The summed E-state index contributed by atoms with van der Waals surface area (Å²) >= 11 is 7.27. The smallest absolute Gasteiger partial charge is 0.407 e. The fourth-order valence-electron chi connectivity index (χ4n) is 4.53. The molecule has 0 aliphatic heterocycles. The first-order valence-corrected chi connectivity index (χ1v) is 12.9. The molecule has 0 radical (unpaired) electrons. The Hall–Kier alpha value is -3.88. The summed E-state index contributed by atoms with van der Waals surface area (Å²) in [7, 11) is 0. The minimum Gasteiger partial charge on any atom is -0.480 e. The molecular formula is C28H24ClN3O4S. The van der Waals surface area contributed by atoms with Crippen molar-refractivity contribution in [2.45, 2.75) is 24.9 Å². The molecule has 0 spiro atoms. The van der Waals surface area contributed by atoms with E-state index < -0.39 is 18.1 Å². The third-order valence-corrected chi connectivity index (χ3v) is 7.43. The van der Waals surface area contributed by atoms with E-state index in [1.807, 2.05) is 60.7 Å². The molecule has 188 valence electrons. The number of nitrogens with one attached hydrogen (secondary N) is 2. The van der Waals surface area contributed by atoms with Gasteiger partial charge in [-0.15, -0.1) is 11.3 Å². The van der Waals surface area contributed by atoms with Gasteiger partial charge in [0, 0.05) is 29.1 Å². The van der Waals surface area contributed by atoms with Gasteiger partial charge in [0.25, 0.3) is 0 Å². The first kappa shape index (κ1) is 24.8. The number of carbonyl (C=O) groups excluding carboxylic acids is 1. The summed E-state index contributed by atoms with van der Waals surface area (Å²) in [4.78, 5) is 29.5. The average molecular weight is 534 g/mol. The number of anilines is 1. The number of carboxylic acid groups (broad SMARTS) is 1. The van der Waals surface area contributed by atoms with Crippen molar-refractivity contribution in [3.8, 4) is 11.1 Å². The van der Waals surface area contributed by atoms with Gasteiger partial charge in [0.1, 0.15) is 12.6 Å². The van der Waals surface area contributed by atoms with Gasteiger partial charge in [-0.1, -0.05) is 72.3 Å². The molecule has 1 aliphatic rings. The minimum absolute atomic E-state index is 0.0949. The van der Waals surface area contributed by atoms with Crippen molar-refractivity contribution < 1.29 is 19.4 Å². The van der Waals surface area contributed by atoms with Crippen molar-refractivity contribution in [1.82, 2.24) is 10.3 Å². The number of benzene rings is 3. The predicted molar refractivity (Wildman–Crippen MR) is 144 cm³/mol. The molecular weight excluding hydrogens is 510 g/mol. The predicted octanol–water partition coefficient (Wildman–Crippen LogP) is 5.94. The van der Waals surface area contributed by atoms with E-state index in [-0.39, 0.29) is 18.9 Å². The van der Waals surface area contributed by atoms with Gasteiger partial charge in [-0.05, 0) is 39.9 Å². The number of nitrogens with zero attached hydrogens (tertiary/aromatic N) is 1. The van der Waals surface area contributed by atoms with E-state index in [2.05, 4.69) is 27.8 Å². The summed E-state index contributed by atoms with van der Waals surface area (Å²) in [6.45, 7) is 0.711. The number of carbonyl (C=O) groups is 2. The molecule has 0 fully saturated rings. The lowest BCUT2D eigenvalue weighted by Crippen LogP contribution is -2.42. The number of thiazole rings is 1. The van der Waals surface area contributed by atoms with Crippen molar-refractivity contribution in [3.63, 3.8) is 0 Å². The molecule has 9 heteroatoms. The van der Waals surface area contributed by atoms with Crippen molar-refractivity contribution in [3.05, 3.63) is 105 Å². The van der Waals surface area contributed by atoms with Crippen LogP contribution in [0, 0.1) is 0 Å². The van der Waals surface area contributed by atoms with E-state index in [9.17, 15) is 14.7 Å². The number of hydrogen-bond donors (Lipinski definition) is 3. The highest BCUT2D eigenvalue weighted by atomic mass is 35.5. The third-order valence-electron chi connectivity index (χ3n) is 6.32. The van der Waals surface area contributed by atoms with Crippen LogP contribution in [0.2, 0.25) is 4.47 Å². The van der Waals surface area contributed by atoms with Gasteiger partial charge >= 0.3 is 12.1 Å². The summed E-state index contributed by atoms with van der Waals surface area (Å²) in [5.74, 6) is -1.22. The van der Waals surface area contributed by atoms with E-state index in [4.69, 9.17) is 16.3 Å². The molecule has 0 saturated heterocycles. The van der Waals surface area contributed by atoms with Crippen LogP contribution in [-0.4, -0.2) is 34.8 Å². The molecule has 5 rings (SSSR count). The zero-order valence-corrected chi connectivity index (χ0v) is 21.3. The van der Waals surface area contributed by atoms with Crippen molar-refractivity contribution in [2.24, 2.45) is 0 Å². The van der Waals surface area contributed by atoms with Crippen LogP contribution < -0.4 is 10.6 Å². The number of aromatic nitrogens is 1. The molecule has 7 nitrogen and oxygen atoms in total. The molecule has 3 N–H and O–H groups in total. The van der Waals surface area contributed by atoms with Gasteiger partial charge in [-0.2, -0.15) is 0 Å². The van der Waals surface area contributed by atoms with Crippen LogP contribution in [0.1, 0.15) is 27.5 Å². The highest BCUT2D eigenvalue weighted by Gasteiger charge is 2.29. The second kappa shape index (κ2) is 11.0. The van der Waals surface area contributed by atoms with Gasteiger partial charge in [0.2, 0.25) is 0 Å². The van der Waals surface area contributed by atoms with Crippen LogP contribution in [0.25, 0.3) is 11.1 Å². The van der Waals surface area contributed by atoms with Gasteiger partial charge in [0.15, 0.2) is 4.47 Å². The minimum atomic E-state index is -1.13. The Balaban J connectivity index is 1.17. The Morgan fingerprint density at radius 1 is 1.00 bits per heavy atom. The molecule has 1 heterocycles. The number of fused-ring (bicyclic) bond motifs is 3. The van der Waals surface area contributed by atoms with E-state index in [0.29, 0.717) is 11.0 Å². The largest absolute Gasteiger partial charge is 0.480 e. The maximum atomic E-state index is 12.6. The highest BCUT2D eigenvalue weighted by Crippen LogP contribution is 2.44. The summed E-state index contributed by atoms with van der Waals surface area (Å²) in [6, 6.07) is 22.4. The second-order valence-electron chi connectivity index (χ2n) is 8.69. The van der Waals surface area contributed by atoms with Crippen LogP contribution in [0.3, 0.4) is 0 Å². The first-order chi connectivity index (χ1) is 18.0. The van der Waals surface area contributed by atoms with Gasteiger partial charge < -0.3 is 20.5 Å². The second-order valence-corrected chi connectivity index (χ2v) is 10.4. The molecule has 1 aromatic heterocycles. The Kier molecular flexibility index (Phi) is 7.39. The van der Waals surface area contributed by atoms with Crippen LogP contribution in [0.4, 0.5) is 10.5 Å². The van der Waals surface area contributed by atoms with Crippen molar-refractivity contribution in [1.29, 1.82) is 0 Å². The van der Waals surface area contributed by atoms with Crippen LogP contribution in [0.5, 0.6) is 0 Å². The summed E-state index contributed by atoms with van der Waals surface area (Å²) in [5, 5.41) is 15.5. The molecule has 37 heavy (non-hydrogen) atoms. The van der Waals surface area contributed by atoms with Crippen LogP contribution in [-0.2, 0) is 22.5 Å². The number of rotatable bonds is 9. The van der Waals surface area contributed by atoms with Crippen LogP contribution in [0.15, 0.2) is 79.0 Å². The maximum Gasteiger partial charge on any atom is 0.407 e. The normalized spacial score (nSPS) is 12.9. The monoisotopic (exact) mass is 533 g/mol. The number of carboxylic acids is 1. The lowest BCUT2D eigenvalue weighted by molar-refractivity contribution is -0.139. The van der Waals surface area contributed by atoms with E-state index in [1.54, 1.807) is 6.20 Å². The molecule has 1 atom stereocenters. The summed E-state index contributed by atoms with van der Waals surface area (Å²) in [6.07, 6.45) is 1.10. The number of halogens is 1. The first-order valence-electron chi connectivity index (χ1n) is 11.8. The number of amides is 1. The summed E-state index contributed by atoms with van der Waals surface area (Å²) < 4.78 is 6.01. The van der Waals surface area contributed by atoms with Gasteiger partial charge in [-0.3, -0.25) is 0 Å². The highest BCUT2D eigenvalue weighted by molar-refractivity contribution is 7.15.